The Morgan fingerprint density at radius 1 is 1.37 bits per heavy atom. The predicted octanol–water partition coefficient (Wildman–Crippen LogP) is 2.92. The Morgan fingerprint density at radius 3 is 2.74 bits per heavy atom. The summed E-state index contributed by atoms with van der Waals surface area (Å²) >= 11 is 6.30. The fourth-order valence-electron chi connectivity index (χ4n) is 3.50. The van der Waals surface area contributed by atoms with Gasteiger partial charge in [0.15, 0.2) is 0 Å². The minimum Gasteiger partial charge on any atom is -0.489 e. The van der Waals surface area contributed by atoms with Crippen molar-refractivity contribution in [3.63, 3.8) is 0 Å². The number of ether oxygens (including phenoxy) is 1. The highest BCUT2D eigenvalue weighted by molar-refractivity contribution is 6.32. The Kier molecular flexibility index (Phi) is 6.07. The first-order valence-electron chi connectivity index (χ1n) is 9.37. The molecule has 1 aliphatic rings. The normalized spacial score (nSPS) is 16.7. The van der Waals surface area contributed by atoms with Crippen molar-refractivity contribution in [1.29, 1.82) is 0 Å². The summed E-state index contributed by atoms with van der Waals surface area (Å²) in [5, 5.41) is 1.73. The summed E-state index contributed by atoms with van der Waals surface area (Å²) in [4.78, 5) is 28.8. The van der Waals surface area contributed by atoms with Crippen LogP contribution in [0.4, 0.5) is 0 Å². The van der Waals surface area contributed by atoms with Crippen molar-refractivity contribution in [3.8, 4) is 5.75 Å². The third kappa shape index (κ3) is 4.62. The maximum atomic E-state index is 12.4. The number of pyridine rings is 1. The van der Waals surface area contributed by atoms with Crippen molar-refractivity contribution in [2.75, 3.05) is 13.1 Å². The number of nitrogens with two attached hydrogens (primary N) is 1. The number of aromatic nitrogens is 1. The van der Waals surface area contributed by atoms with Gasteiger partial charge in [0.2, 0.25) is 5.91 Å². The number of halogens is 1. The van der Waals surface area contributed by atoms with Crippen LogP contribution < -0.4 is 16.0 Å². The molecular formula is C20H26ClN3O3. The number of rotatable bonds is 5. The smallest absolute Gasteiger partial charge is 0.255 e. The topological polar surface area (TPSA) is 88.4 Å². The average molecular weight is 392 g/mol. The van der Waals surface area contributed by atoms with E-state index in [1.165, 1.54) is 0 Å². The molecule has 146 valence electrons. The maximum absolute atomic E-state index is 12.4. The van der Waals surface area contributed by atoms with Crippen LogP contribution in [0.5, 0.6) is 5.75 Å². The van der Waals surface area contributed by atoms with Gasteiger partial charge in [-0.2, -0.15) is 0 Å². The molecule has 27 heavy (non-hydrogen) atoms. The van der Waals surface area contributed by atoms with Gasteiger partial charge in [-0.15, -0.1) is 0 Å². The van der Waals surface area contributed by atoms with E-state index >= 15 is 0 Å². The monoisotopic (exact) mass is 391 g/mol. The molecule has 1 fully saturated rings. The molecule has 2 heterocycles. The molecule has 0 aliphatic carbocycles. The molecule has 1 amide bonds. The second kappa shape index (κ2) is 8.31. The molecule has 3 N–H and O–H groups in total. The van der Waals surface area contributed by atoms with Gasteiger partial charge in [0.05, 0.1) is 11.1 Å². The zero-order chi connectivity index (χ0) is 19.6. The Labute approximate surface area is 163 Å². The first-order valence-corrected chi connectivity index (χ1v) is 9.75. The van der Waals surface area contributed by atoms with Crippen LogP contribution in [0.1, 0.15) is 33.1 Å². The first kappa shape index (κ1) is 19.7. The van der Waals surface area contributed by atoms with Crippen LogP contribution in [-0.2, 0) is 4.79 Å². The number of hydrogen-bond donors (Lipinski definition) is 2. The lowest BCUT2D eigenvalue weighted by molar-refractivity contribution is -0.134. The number of nitrogens with one attached hydrogen (secondary N) is 1. The number of H-pyrrole nitrogens is 1. The van der Waals surface area contributed by atoms with Gasteiger partial charge in [0.1, 0.15) is 11.9 Å². The molecule has 7 heteroatoms. The maximum Gasteiger partial charge on any atom is 0.255 e. The van der Waals surface area contributed by atoms with Crippen molar-refractivity contribution in [2.24, 2.45) is 11.7 Å². The molecule has 0 radical (unpaired) electrons. The highest BCUT2D eigenvalue weighted by Gasteiger charge is 2.27. The number of carbonyl (C=O) groups is 1. The number of hydrogen-bond acceptors (Lipinski definition) is 4. The van der Waals surface area contributed by atoms with Gasteiger partial charge in [0, 0.05) is 37.5 Å². The lowest BCUT2D eigenvalue weighted by atomic mass is 10.0. The Balaban J connectivity index is 1.63. The van der Waals surface area contributed by atoms with E-state index in [2.05, 4.69) is 18.8 Å². The van der Waals surface area contributed by atoms with E-state index in [0.29, 0.717) is 41.6 Å². The number of carbonyl (C=O) groups excluding carboxylic acids is 1. The number of amides is 1. The molecule has 1 aromatic heterocycles. The first-order chi connectivity index (χ1) is 12.8. The van der Waals surface area contributed by atoms with Crippen molar-refractivity contribution in [1.82, 2.24) is 9.88 Å². The minimum absolute atomic E-state index is 0.0186. The van der Waals surface area contributed by atoms with Gasteiger partial charge in [0.25, 0.3) is 5.56 Å². The standard InChI is InChI=1S/C20H26ClN3O3/c1-12(2)9-17(22)20(26)24-7-4-14(5-8-24)27-18-10-13-3-6-23-19(25)15(13)11-16(18)21/h3,6,10-12,14,17H,4-5,7-9,22H2,1-2H3,(H,23,25)/t17-/m0/s1. The van der Waals surface area contributed by atoms with Crippen LogP contribution in [0.15, 0.2) is 29.2 Å². The Morgan fingerprint density at radius 2 is 2.07 bits per heavy atom. The third-order valence-electron chi connectivity index (χ3n) is 4.92. The number of aromatic amines is 1. The van der Waals surface area contributed by atoms with E-state index in [-0.39, 0.29) is 17.6 Å². The quantitative estimate of drug-likeness (QED) is 0.820. The molecule has 3 rings (SSSR count). The zero-order valence-corrected chi connectivity index (χ0v) is 16.5. The summed E-state index contributed by atoms with van der Waals surface area (Å²) in [7, 11) is 0. The molecule has 1 aromatic carbocycles. The fourth-order valence-corrected chi connectivity index (χ4v) is 3.70. The number of benzene rings is 1. The van der Waals surface area contributed by atoms with Crippen molar-refractivity contribution in [2.45, 2.75) is 45.3 Å². The van der Waals surface area contributed by atoms with E-state index in [4.69, 9.17) is 22.1 Å². The highest BCUT2D eigenvalue weighted by atomic mass is 35.5. The van der Waals surface area contributed by atoms with Gasteiger partial charge in [-0.25, -0.2) is 0 Å². The van der Waals surface area contributed by atoms with Crippen molar-refractivity contribution in [3.05, 3.63) is 39.8 Å². The lowest BCUT2D eigenvalue weighted by Gasteiger charge is -2.34. The van der Waals surface area contributed by atoms with Crippen LogP contribution in [0, 0.1) is 5.92 Å². The summed E-state index contributed by atoms with van der Waals surface area (Å²) in [6.07, 6.45) is 3.73. The fraction of sp³-hybridized carbons (Fsp3) is 0.500. The summed E-state index contributed by atoms with van der Waals surface area (Å²) in [5.41, 5.74) is 5.85. The number of fused-ring (bicyclic) bond motifs is 1. The van der Waals surface area contributed by atoms with Gasteiger partial charge in [-0.05, 0) is 35.9 Å². The second-order valence-corrected chi connectivity index (χ2v) is 7.96. The van der Waals surface area contributed by atoms with Crippen LogP contribution in [0.25, 0.3) is 10.8 Å². The third-order valence-corrected chi connectivity index (χ3v) is 5.21. The second-order valence-electron chi connectivity index (χ2n) is 7.56. The summed E-state index contributed by atoms with van der Waals surface area (Å²) in [5.74, 6) is 0.980. The highest BCUT2D eigenvalue weighted by Crippen LogP contribution is 2.31. The van der Waals surface area contributed by atoms with Crippen LogP contribution in [0.2, 0.25) is 5.02 Å². The molecule has 0 saturated carbocycles. The van der Waals surface area contributed by atoms with E-state index in [0.717, 1.165) is 18.2 Å². The Hall–Kier alpha value is -2.05. The minimum atomic E-state index is -0.435. The molecule has 0 unspecified atom stereocenters. The van der Waals surface area contributed by atoms with Gasteiger partial charge in [-0.3, -0.25) is 9.59 Å². The summed E-state index contributed by atoms with van der Waals surface area (Å²) in [6, 6.07) is 4.81. The molecule has 0 bridgehead atoms. The van der Waals surface area contributed by atoms with Crippen molar-refractivity contribution < 1.29 is 9.53 Å². The van der Waals surface area contributed by atoms with Crippen LogP contribution in [-0.4, -0.2) is 41.0 Å². The number of piperidine rings is 1. The molecule has 2 aromatic rings. The van der Waals surface area contributed by atoms with Gasteiger partial charge >= 0.3 is 0 Å². The summed E-state index contributed by atoms with van der Waals surface area (Å²) < 4.78 is 6.07. The molecule has 1 saturated heterocycles. The molecule has 6 nitrogen and oxygen atoms in total. The van der Waals surface area contributed by atoms with E-state index in [1.54, 1.807) is 18.3 Å². The summed E-state index contributed by atoms with van der Waals surface area (Å²) in [6.45, 7) is 5.38. The van der Waals surface area contributed by atoms with E-state index < -0.39 is 6.04 Å². The van der Waals surface area contributed by atoms with Gasteiger partial charge in [-0.1, -0.05) is 25.4 Å². The van der Waals surface area contributed by atoms with Gasteiger partial charge < -0.3 is 20.4 Å². The number of likely N-dealkylation sites (tertiary alicyclic amines) is 1. The number of nitrogens with zero attached hydrogens (tertiary/aromatic N) is 1. The predicted molar refractivity (Wildman–Crippen MR) is 107 cm³/mol. The molecule has 1 atom stereocenters. The average Bonchev–Trinajstić information content (AvgIpc) is 2.63. The van der Waals surface area contributed by atoms with Crippen LogP contribution >= 0.6 is 11.6 Å². The van der Waals surface area contributed by atoms with Crippen LogP contribution in [0.3, 0.4) is 0 Å². The molecular weight excluding hydrogens is 366 g/mol. The molecule has 0 spiro atoms. The largest absolute Gasteiger partial charge is 0.489 e. The SMILES string of the molecule is CC(C)C[C@H](N)C(=O)N1CCC(Oc2cc3cc[nH]c(=O)c3cc2Cl)CC1. The Bertz CT molecular complexity index is 872. The van der Waals surface area contributed by atoms with E-state index in [9.17, 15) is 9.59 Å². The lowest BCUT2D eigenvalue weighted by Crippen LogP contribution is -2.49. The molecule has 1 aliphatic heterocycles. The zero-order valence-electron chi connectivity index (χ0n) is 15.7. The van der Waals surface area contributed by atoms with E-state index in [1.807, 2.05) is 11.0 Å². The van der Waals surface area contributed by atoms with Crippen molar-refractivity contribution >= 4 is 28.3 Å².